The average molecular weight is 199 g/mol. The predicted molar refractivity (Wildman–Crippen MR) is 60.3 cm³/mol. The lowest BCUT2D eigenvalue weighted by Crippen LogP contribution is -2.43. The van der Waals surface area contributed by atoms with E-state index in [0.29, 0.717) is 12.0 Å². The lowest BCUT2D eigenvalue weighted by atomic mass is 9.69. The molecule has 0 bridgehead atoms. The first-order chi connectivity index (χ1) is 6.47. The Morgan fingerprint density at radius 2 is 1.93 bits per heavy atom. The minimum atomic E-state index is 0.234. The van der Waals surface area contributed by atoms with Crippen molar-refractivity contribution >= 4 is 0 Å². The Bertz CT molecular complexity index is 162. The number of rotatable bonds is 5. The number of aliphatic hydroxyl groups excluding tert-OH is 1. The van der Waals surface area contributed by atoms with E-state index in [2.05, 4.69) is 26.1 Å². The zero-order valence-corrected chi connectivity index (χ0v) is 9.90. The van der Waals surface area contributed by atoms with Crippen LogP contribution >= 0.6 is 0 Å². The highest BCUT2D eigenvalue weighted by atomic mass is 16.3. The monoisotopic (exact) mass is 199 g/mol. The summed E-state index contributed by atoms with van der Waals surface area (Å²) in [6.45, 7) is 9.22. The van der Waals surface area contributed by atoms with E-state index in [1.54, 1.807) is 0 Å². The Morgan fingerprint density at radius 3 is 2.29 bits per heavy atom. The van der Waals surface area contributed by atoms with Gasteiger partial charge in [0.2, 0.25) is 0 Å². The molecule has 0 aromatic heterocycles. The maximum Gasteiger partial charge on any atom is 0.0499 e. The Hall–Kier alpha value is -0.0800. The Balaban J connectivity index is 2.09. The molecular formula is C12H25NO. The van der Waals surface area contributed by atoms with E-state index >= 15 is 0 Å². The zero-order valence-electron chi connectivity index (χ0n) is 9.90. The van der Waals surface area contributed by atoms with Crippen molar-refractivity contribution in [3.05, 3.63) is 0 Å². The van der Waals surface area contributed by atoms with Gasteiger partial charge in [-0.2, -0.15) is 0 Å². The van der Waals surface area contributed by atoms with Gasteiger partial charge in [0.05, 0.1) is 0 Å². The molecule has 0 spiro atoms. The third kappa shape index (κ3) is 3.58. The second-order valence-electron chi connectivity index (χ2n) is 6.00. The van der Waals surface area contributed by atoms with Crippen LogP contribution < -0.4 is 5.32 Å². The molecule has 0 saturated heterocycles. The summed E-state index contributed by atoms with van der Waals surface area (Å²) in [5.74, 6) is 0. The lowest BCUT2D eigenvalue weighted by molar-refractivity contribution is 0.0443. The molecule has 1 aliphatic rings. The van der Waals surface area contributed by atoms with Crippen molar-refractivity contribution in [2.75, 3.05) is 19.7 Å². The van der Waals surface area contributed by atoms with Gasteiger partial charge >= 0.3 is 0 Å². The Morgan fingerprint density at radius 1 is 1.29 bits per heavy atom. The van der Waals surface area contributed by atoms with Crippen molar-refractivity contribution in [2.24, 2.45) is 10.8 Å². The van der Waals surface area contributed by atoms with Gasteiger partial charge in [0.1, 0.15) is 0 Å². The first-order valence-electron chi connectivity index (χ1n) is 5.79. The van der Waals surface area contributed by atoms with Crippen LogP contribution in [0.25, 0.3) is 0 Å². The standard InChI is InChI=1S/C12H25NO/c1-11(2,3)7-8-13-9-12(10-14)5-4-6-12/h13-14H,4-10H2,1-3H3. The molecule has 2 N–H and O–H groups in total. The summed E-state index contributed by atoms with van der Waals surface area (Å²) in [7, 11) is 0. The molecule has 0 atom stereocenters. The average Bonchev–Trinajstić information content (AvgIpc) is 2.00. The van der Waals surface area contributed by atoms with Crippen LogP contribution in [0.4, 0.5) is 0 Å². The third-order valence-electron chi connectivity index (χ3n) is 3.30. The van der Waals surface area contributed by atoms with Crippen molar-refractivity contribution in [3.63, 3.8) is 0 Å². The van der Waals surface area contributed by atoms with Crippen molar-refractivity contribution in [2.45, 2.75) is 46.5 Å². The summed E-state index contributed by atoms with van der Waals surface area (Å²) in [5.41, 5.74) is 0.650. The van der Waals surface area contributed by atoms with Gasteiger partial charge in [0.15, 0.2) is 0 Å². The van der Waals surface area contributed by atoms with E-state index < -0.39 is 0 Å². The van der Waals surface area contributed by atoms with Gasteiger partial charge in [0, 0.05) is 18.6 Å². The maximum absolute atomic E-state index is 9.26. The zero-order chi connectivity index (χ0) is 10.7. The second-order valence-corrected chi connectivity index (χ2v) is 6.00. The lowest BCUT2D eigenvalue weighted by Gasteiger charge is -2.40. The molecule has 84 valence electrons. The molecule has 0 unspecified atom stereocenters. The molecule has 0 radical (unpaired) electrons. The topological polar surface area (TPSA) is 32.3 Å². The normalized spacial score (nSPS) is 20.6. The van der Waals surface area contributed by atoms with Crippen LogP contribution in [0.1, 0.15) is 46.5 Å². The number of hydrogen-bond donors (Lipinski definition) is 2. The summed E-state index contributed by atoms with van der Waals surface area (Å²) in [6, 6.07) is 0. The molecule has 2 heteroatoms. The van der Waals surface area contributed by atoms with Gasteiger partial charge < -0.3 is 10.4 Å². The molecule has 0 aromatic carbocycles. The minimum absolute atomic E-state index is 0.234. The predicted octanol–water partition coefficient (Wildman–Crippen LogP) is 2.17. The highest BCUT2D eigenvalue weighted by Crippen LogP contribution is 2.39. The van der Waals surface area contributed by atoms with Crippen LogP contribution in [0.15, 0.2) is 0 Å². The van der Waals surface area contributed by atoms with Crippen molar-refractivity contribution in [3.8, 4) is 0 Å². The summed E-state index contributed by atoms with van der Waals surface area (Å²) in [5, 5.41) is 12.7. The minimum Gasteiger partial charge on any atom is -0.396 e. The van der Waals surface area contributed by atoms with Gasteiger partial charge in [-0.05, 0) is 31.2 Å². The second kappa shape index (κ2) is 4.63. The van der Waals surface area contributed by atoms with Gasteiger partial charge in [-0.1, -0.05) is 27.2 Å². The molecule has 0 aromatic rings. The van der Waals surface area contributed by atoms with Gasteiger partial charge in [-0.15, -0.1) is 0 Å². The van der Waals surface area contributed by atoms with Crippen LogP contribution in [0.5, 0.6) is 0 Å². The van der Waals surface area contributed by atoms with Crippen LogP contribution in [-0.2, 0) is 0 Å². The molecule has 1 saturated carbocycles. The molecule has 0 aliphatic heterocycles. The molecule has 1 fully saturated rings. The largest absolute Gasteiger partial charge is 0.396 e. The van der Waals surface area contributed by atoms with Crippen LogP contribution in [0.2, 0.25) is 0 Å². The Labute approximate surface area is 88.1 Å². The van der Waals surface area contributed by atoms with E-state index in [9.17, 15) is 5.11 Å². The smallest absolute Gasteiger partial charge is 0.0499 e. The molecule has 1 rings (SSSR count). The van der Waals surface area contributed by atoms with Crippen molar-refractivity contribution < 1.29 is 5.11 Å². The number of nitrogens with one attached hydrogen (secondary N) is 1. The van der Waals surface area contributed by atoms with Gasteiger partial charge in [0.25, 0.3) is 0 Å². The highest BCUT2D eigenvalue weighted by Gasteiger charge is 2.35. The van der Waals surface area contributed by atoms with Crippen LogP contribution in [-0.4, -0.2) is 24.8 Å². The van der Waals surface area contributed by atoms with E-state index in [4.69, 9.17) is 0 Å². The summed E-state index contributed by atoms with van der Waals surface area (Å²) < 4.78 is 0. The van der Waals surface area contributed by atoms with Crippen LogP contribution in [0, 0.1) is 10.8 Å². The van der Waals surface area contributed by atoms with E-state index in [1.807, 2.05) is 0 Å². The maximum atomic E-state index is 9.26. The van der Waals surface area contributed by atoms with Crippen molar-refractivity contribution in [1.29, 1.82) is 0 Å². The number of aliphatic hydroxyl groups is 1. The van der Waals surface area contributed by atoms with Gasteiger partial charge in [-0.25, -0.2) is 0 Å². The number of hydrogen-bond acceptors (Lipinski definition) is 2. The fourth-order valence-corrected chi connectivity index (χ4v) is 1.88. The fourth-order valence-electron chi connectivity index (χ4n) is 1.88. The molecule has 2 nitrogen and oxygen atoms in total. The van der Waals surface area contributed by atoms with E-state index in [-0.39, 0.29) is 5.41 Å². The van der Waals surface area contributed by atoms with Crippen LogP contribution in [0.3, 0.4) is 0 Å². The molecule has 1 aliphatic carbocycles. The molecule has 14 heavy (non-hydrogen) atoms. The first kappa shape index (κ1) is 12.0. The SMILES string of the molecule is CC(C)(C)CCNCC1(CO)CCC1. The quantitative estimate of drug-likeness (QED) is 0.665. The first-order valence-corrected chi connectivity index (χ1v) is 5.79. The van der Waals surface area contributed by atoms with E-state index in [0.717, 1.165) is 13.1 Å². The highest BCUT2D eigenvalue weighted by molar-refractivity contribution is 4.88. The Kier molecular flexibility index (Phi) is 3.96. The fraction of sp³-hybridized carbons (Fsp3) is 1.00. The van der Waals surface area contributed by atoms with Gasteiger partial charge in [-0.3, -0.25) is 0 Å². The van der Waals surface area contributed by atoms with Crippen molar-refractivity contribution in [1.82, 2.24) is 5.32 Å². The molecular weight excluding hydrogens is 174 g/mol. The summed E-state index contributed by atoms with van der Waals surface area (Å²) >= 11 is 0. The van der Waals surface area contributed by atoms with E-state index in [1.165, 1.54) is 25.7 Å². The molecule has 0 amide bonds. The summed E-state index contributed by atoms with van der Waals surface area (Å²) in [4.78, 5) is 0. The third-order valence-corrected chi connectivity index (χ3v) is 3.30. The summed E-state index contributed by atoms with van der Waals surface area (Å²) in [6.07, 6.45) is 4.90. The molecule has 0 heterocycles.